The van der Waals surface area contributed by atoms with Gasteiger partial charge in [-0.05, 0) is 24.3 Å². The van der Waals surface area contributed by atoms with Gasteiger partial charge in [-0.15, -0.1) is 13.2 Å². The minimum absolute atomic E-state index is 0.215. The van der Waals surface area contributed by atoms with Gasteiger partial charge in [0.1, 0.15) is 0 Å². The molecular formula is C17H11F3N5O2. The first-order valence-corrected chi connectivity index (χ1v) is 7.48. The van der Waals surface area contributed by atoms with Gasteiger partial charge >= 0.3 is 6.36 Å². The number of aromatic nitrogens is 3. The fraction of sp³-hybridized carbons (Fsp3) is 0.0588. The summed E-state index contributed by atoms with van der Waals surface area (Å²) in [6.07, 6.45) is -0.555. The lowest BCUT2D eigenvalue weighted by Crippen LogP contribution is -2.20. The number of alkyl halides is 3. The van der Waals surface area contributed by atoms with Crippen molar-refractivity contribution >= 4 is 17.4 Å². The van der Waals surface area contributed by atoms with Crippen LogP contribution < -0.4 is 15.8 Å². The highest BCUT2D eigenvalue weighted by Crippen LogP contribution is 2.30. The first-order valence-electron chi connectivity index (χ1n) is 7.48. The molecule has 1 amide bonds. The topological polar surface area (TPSA) is 101 Å². The molecule has 3 aromatic rings. The van der Waals surface area contributed by atoms with E-state index in [-0.39, 0.29) is 11.4 Å². The number of pyridine rings is 1. The van der Waals surface area contributed by atoms with E-state index in [0.29, 0.717) is 11.3 Å². The largest absolute Gasteiger partial charge is 0.573 e. The molecule has 0 aliphatic heterocycles. The van der Waals surface area contributed by atoms with Gasteiger partial charge in [0.05, 0.1) is 17.6 Å². The highest BCUT2D eigenvalue weighted by Gasteiger charge is 2.32. The lowest BCUT2D eigenvalue weighted by atomic mass is 10.2. The SMILES string of the molecule is [NH]c1ncc(-c2cccnc2)nc1C(=O)Nc1ccccc1OC(F)(F)F. The van der Waals surface area contributed by atoms with Crippen LogP contribution in [0.4, 0.5) is 24.7 Å². The summed E-state index contributed by atoms with van der Waals surface area (Å²) in [6.45, 7) is 0. The van der Waals surface area contributed by atoms with Crippen LogP contribution in [-0.4, -0.2) is 27.2 Å². The van der Waals surface area contributed by atoms with Crippen LogP contribution in [0.3, 0.4) is 0 Å². The van der Waals surface area contributed by atoms with Gasteiger partial charge in [0.2, 0.25) is 0 Å². The Morgan fingerprint density at radius 3 is 2.59 bits per heavy atom. The van der Waals surface area contributed by atoms with Gasteiger partial charge in [0, 0.05) is 18.0 Å². The van der Waals surface area contributed by atoms with Crippen LogP contribution >= 0.6 is 0 Å². The van der Waals surface area contributed by atoms with Crippen LogP contribution in [0, 0.1) is 0 Å². The summed E-state index contributed by atoms with van der Waals surface area (Å²) in [5, 5.41) is 2.27. The van der Waals surface area contributed by atoms with Gasteiger partial charge in [-0.2, -0.15) is 0 Å². The van der Waals surface area contributed by atoms with Crippen LogP contribution in [0.25, 0.3) is 11.3 Å². The summed E-state index contributed by atoms with van der Waals surface area (Å²) in [4.78, 5) is 24.3. The number of halogens is 3. The number of carbonyl (C=O) groups excluding carboxylic acids is 1. The van der Waals surface area contributed by atoms with Gasteiger partial charge in [0.25, 0.3) is 5.91 Å². The second-order valence-electron chi connectivity index (χ2n) is 5.19. The molecule has 2 heterocycles. The monoisotopic (exact) mass is 374 g/mol. The van der Waals surface area contributed by atoms with E-state index in [4.69, 9.17) is 5.73 Å². The van der Waals surface area contributed by atoms with E-state index in [2.05, 4.69) is 25.0 Å². The second kappa shape index (κ2) is 7.28. The molecule has 0 saturated carbocycles. The molecule has 2 aromatic heterocycles. The molecule has 1 radical (unpaired) electrons. The minimum Gasteiger partial charge on any atom is -0.404 e. The number of hydrogen-bond donors (Lipinski definition) is 1. The Morgan fingerprint density at radius 1 is 1.11 bits per heavy atom. The number of amides is 1. The molecule has 0 spiro atoms. The summed E-state index contributed by atoms with van der Waals surface area (Å²) in [5.41, 5.74) is 8.06. The summed E-state index contributed by atoms with van der Waals surface area (Å²) in [5.74, 6) is -1.90. The zero-order valence-electron chi connectivity index (χ0n) is 13.5. The van der Waals surface area contributed by atoms with E-state index >= 15 is 0 Å². The Hall–Kier alpha value is -3.69. The van der Waals surface area contributed by atoms with Crippen molar-refractivity contribution in [2.24, 2.45) is 0 Å². The van der Waals surface area contributed by atoms with E-state index in [9.17, 15) is 18.0 Å². The fourth-order valence-corrected chi connectivity index (χ4v) is 2.17. The number of ether oxygens (including phenoxy) is 1. The molecule has 0 aliphatic rings. The molecule has 0 aliphatic carbocycles. The van der Waals surface area contributed by atoms with Crippen LogP contribution in [0.5, 0.6) is 5.75 Å². The van der Waals surface area contributed by atoms with Crippen molar-refractivity contribution in [3.63, 3.8) is 0 Å². The number of carbonyl (C=O) groups is 1. The molecule has 0 bridgehead atoms. The average molecular weight is 374 g/mol. The summed E-state index contributed by atoms with van der Waals surface area (Å²) in [6, 6.07) is 8.40. The predicted molar refractivity (Wildman–Crippen MR) is 89.1 cm³/mol. The maximum absolute atomic E-state index is 12.5. The van der Waals surface area contributed by atoms with Crippen molar-refractivity contribution in [2.75, 3.05) is 5.32 Å². The third-order valence-corrected chi connectivity index (χ3v) is 3.31. The van der Waals surface area contributed by atoms with E-state index in [1.165, 1.54) is 30.6 Å². The van der Waals surface area contributed by atoms with Gasteiger partial charge in [0.15, 0.2) is 17.3 Å². The maximum Gasteiger partial charge on any atom is 0.573 e. The van der Waals surface area contributed by atoms with Crippen molar-refractivity contribution < 1.29 is 22.7 Å². The minimum atomic E-state index is -4.92. The standard InChI is InChI=1S/C17H11F3N5O2/c18-17(19,20)27-13-6-2-1-5-11(13)25-16(26)14-15(21)23-9-12(24-14)10-4-3-7-22-8-10/h1-9,21H,(H,25,26). The first-order chi connectivity index (χ1) is 12.8. The van der Waals surface area contributed by atoms with Gasteiger partial charge in [-0.1, -0.05) is 12.1 Å². The van der Waals surface area contributed by atoms with Crippen molar-refractivity contribution in [1.82, 2.24) is 20.7 Å². The normalized spacial score (nSPS) is 11.1. The number of nitrogens with zero attached hydrogens (tertiary/aromatic N) is 3. The molecular weight excluding hydrogens is 363 g/mol. The fourth-order valence-electron chi connectivity index (χ4n) is 2.17. The summed E-state index contributed by atoms with van der Waals surface area (Å²) < 4.78 is 41.4. The van der Waals surface area contributed by atoms with E-state index in [1.54, 1.807) is 18.3 Å². The van der Waals surface area contributed by atoms with Crippen molar-refractivity contribution in [1.29, 1.82) is 0 Å². The number of anilines is 1. The molecule has 0 saturated heterocycles. The second-order valence-corrected chi connectivity index (χ2v) is 5.19. The number of rotatable bonds is 4. The Kier molecular flexibility index (Phi) is 4.88. The van der Waals surface area contributed by atoms with Crippen molar-refractivity contribution in [3.05, 3.63) is 60.7 Å². The third kappa shape index (κ3) is 4.48. The number of nitrogens with one attached hydrogen (secondary N) is 2. The Labute approximate surface area is 151 Å². The van der Waals surface area contributed by atoms with E-state index in [1.807, 2.05) is 0 Å². The average Bonchev–Trinajstić information content (AvgIpc) is 2.63. The molecule has 0 fully saturated rings. The predicted octanol–water partition coefficient (Wildman–Crippen LogP) is 3.60. The molecule has 0 atom stereocenters. The zero-order chi connectivity index (χ0) is 19.4. The molecule has 7 nitrogen and oxygen atoms in total. The van der Waals surface area contributed by atoms with Crippen LogP contribution in [0.15, 0.2) is 55.0 Å². The number of para-hydroxylation sites is 2. The smallest absolute Gasteiger partial charge is 0.404 e. The Morgan fingerprint density at radius 2 is 1.89 bits per heavy atom. The molecule has 0 unspecified atom stereocenters. The highest BCUT2D eigenvalue weighted by molar-refractivity contribution is 6.06. The molecule has 3 rings (SSSR count). The van der Waals surface area contributed by atoms with Crippen LogP contribution in [0.1, 0.15) is 10.5 Å². The van der Waals surface area contributed by atoms with Gasteiger partial charge in [-0.3, -0.25) is 15.5 Å². The Bertz CT molecular complexity index is 964. The van der Waals surface area contributed by atoms with Gasteiger partial charge < -0.3 is 10.1 Å². The lowest BCUT2D eigenvalue weighted by Gasteiger charge is -2.14. The summed E-state index contributed by atoms with van der Waals surface area (Å²) in [7, 11) is 0. The number of benzene rings is 1. The van der Waals surface area contributed by atoms with Crippen molar-refractivity contribution in [2.45, 2.75) is 6.36 Å². The molecule has 2 N–H and O–H groups in total. The third-order valence-electron chi connectivity index (χ3n) is 3.31. The molecule has 1 aromatic carbocycles. The molecule has 27 heavy (non-hydrogen) atoms. The first kappa shape index (κ1) is 18.1. The van der Waals surface area contributed by atoms with Gasteiger partial charge in [-0.25, -0.2) is 9.97 Å². The lowest BCUT2D eigenvalue weighted by molar-refractivity contribution is -0.274. The van der Waals surface area contributed by atoms with Crippen molar-refractivity contribution in [3.8, 4) is 17.0 Å². The zero-order valence-corrected chi connectivity index (χ0v) is 13.5. The summed E-state index contributed by atoms with van der Waals surface area (Å²) >= 11 is 0. The molecule has 137 valence electrons. The van der Waals surface area contributed by atoms with E-state index in [0.717, 1.165) is 6.07 Å². The quantitative estimate of drug-likeness (QED) is 0.752. The highest BCUT2D eigenvalue weighted by atomic mass is 19.4. The molecule has 10 heteroatoms. The number of hydrogen-bond acceptors (Lipinski definition) is 5. The van der Waals surface area contributed by atoms with Crippen LogP contribution in [0.2, 0.25) is 0 Å². The van der Waals surface area contributed by atoms with Crippen LogP contribution in [-0.2, 0) is 0 Å². The maximum atomic E-state index is 12.5. The Balaban J connectivity index is 1.89. The van der Waals surface area contributed by atoms with E-state index < -0.39 is 23.8 Å².